The van der Waals surface area contributed by atoms with Crippen LogP contribution >= 0.6 is 11.6 Å². The number of esters is 2. The smallest absolute Gasteiger partial charge is 0.308 e. The number of carbonyl (C=O) groups excluding carboxylic acids is 3. The zero-order chi connectivity index (χ0) is 21.7. The molecule has 1 amide bonds. The molecular weight excluding hydrogens is 402 g/mol. The fraction of sp³-hybridized carbons (Fsp3) is 0.611. The highest BCUT2D eigenvalue weighted by molar-refractivity contribution is 6.34. The van der Waals surface area contributed by atoms with Crippen molar-refractivity contribution in [2.24, 2.45) is 17.8 Å². The average Bonchev–Trinajstić information content (AvgIpc) is 3.21. The number of ether oxygens (including phenoxy) is 2. The minimum absolute atomic E-state index is 0.102. The van der Waals surface area contributed by atoms with Crippen LogP contribution in [0.3, 0.4) is 0 Å². The van der Waals surface area contributed by atoms with Crippen LogP contribution in [0.15, 0.2) is 0 Å². The molecule has 3 unspecified atom stereocenters. The summed E-state index contributed by atoms with van der Waals surface area (Å²) in [5.74, 6) is -2.72. The maximum absolute atomic E-state index is 12.6. The Balaban J connectivity index is 2.06. The minimum atomic E-state index is -0.619. The lowest BCUT2D eigenvalue weighted by Gasteiger charge is -2.21. The Bertz CT molecular complexity index is 893. The molecular formula is C18H26ClN5O5. The van der Waals surface area contributed by atoms with Crippen molar-refractivity contribution in [3.05, 3.63) is 10.7 Å². The summed E-state index contributed by atoms with van der Waals surface area (Å²) in [6, 6.07) is 0. The molecule has 160 valence electrons. The van der Waals surface area contributed by atoms with Gasteiger partial charge in [-0.3, -0.25) is 24.8 Å². The molecule has 2 aromatic heterocycles. The lowest BCUT2D eigenvalue weighted by Crippen LogP contribution is -2.29. The number of fused-ring (bicyclic) bond motifs is 1. The van der Waals surface area contributed by atoms with E-state index < -0.39 is 23.7 Å². The number of aromatic amines is 1. The average molecular weight is 428 g/mol. The van der Waals surface area contributed by atoms with Crippen LogP contribution in [0.5, 0.6) is 0 Å². The normalized spacial score (nSPS) is 14.3. The first-order valence-corrected chi connectivity index (χ1v) is 9.66. The number of methoxy groups -OCH3 is 2. The van der Waals surface area contributed by atoms with Gasteiger partial charge in [0.05, 0.1) is 31.7 Å². The molecule has 3 atom stereocenters. The van der Waals surface area contributed by atoms with Gasteiger partial charge in [0, 0.05) is 5.92 Å². The van der Waals surface area contributed by atoms with Crippen molar-refractivity contribution in [3.8, 4) is 0 Å². The fourth-order valence-corrected chi connectivity index (χ4v) is 3.29. The molecule has 2 aromatic rings. The number of aryl methyl sites for hydroxylation is 1. The number of hydrogen-bond acceptors (Lipinski definition) is 7. The lowest BCUT2D eigenvalue weighted by atomic mass is 9.86. The van der Waals surface area contributed by atoms with Gasteiger partial charge in [0.2, 0.25) is 5.91 Å². The Morgan fingerprint density at radius 1 is 1.17 bits per heavy atom. The first-order chi connectivity index (χ1) is 13.7. The predicted octanol–water partition coefficient (Wildman–Crippen LogP) is 2.36. The number of anilines is 1. The summed E-state index contributed by atoms with van der Waals surface area (Å²) in [4.78, 5) is 40.8. The molecule has 2 N–H and O–H groups in total. The van der Waals surface area contributed by atoms with Crippen molar-refractivity contribution in [1.82, 2.24) is 19.8 Å². The van der Waals surface area contributed by atoms with Crippen LogP contribution < -0.4 is 5.32 Å². The summed E-state index contributed by atoms with van der Waals surface area (Å²) in [6.07, 6.45) is 0.969. The zero-order valence-corrected chi connectivity index (χ0v) is 17.9. The molecule has 29 heavy (non-hydrogen) atoms. The van der Waals surface area contributed by atoms with E-state index in [1.807, 2.05) is 6.92 Å². The van der Waals surface area contributed by atoms with Gasteiger partial charge in [-0.1, -0.05) is 25.4 Å². The van der Waals surface area contributed by atoms with Crippen molar-refractivity contribution in [1.29, 1.82) is 0 Å². The van der Waals surface area contributed by atoms with Gasteiger partial charge in [-0.15, -0.1) is 5.10 Å². The maximum Gasteiger partial charge on any atom is 0.308 e. The number of hydrogen-bond donors (Lipinski definition) is 2. The van der Waals surface area contributed by atoms with Gasteiger partial charge in [-0.05, 0) is 26.2 Å². The number of rotatable bonds is 9. The van der Waals surface area contributed by atoms with Gasteiger partial charge in [0.25, 0.3) is 5.95 Å². The molecule has 0 aliphatic heterocycles. The summed E-state index contributed by atoms with van der Waals surface area (Å²) in [5, 5.41) is 10.1. The van der Waals surface area contributed by atoms with Crippen molar-refractivity contribution < 1.29 is 23.9 Å². The third-order valence-corrected chi connectivity index (χ3v) is 5.31. The molecule has 0 radical (unpaired) electrons. The van der Waals surface area contributed by atoms with E-state index in [1.54, 1.807) is 13.8 Å². The molecule has 0 spiro atoms. The Kier molecular flexibility index (Phi) is 7.60. The molecule has 0 bridgehead atoms. The van der Waals surface area contributed by atoms with Crippen molar-refractivity contribution in [2.75, 3.05) is 19.5 Å². The second-order valence-corrected chi connectivity index (χ2v) is 7.31. The van der Waals surface area contributed by atoms with E-state index in [2.05, 4.69) is 20.5 Å². The van der Waals surface area contributed by atoms with Crippen LogP contribution in [0.4, 0.5) is 5.95 Å². The molecule has 0 fully saturated rings. The van der Waals surface area contributed by atoms with Crippen molar-refractivity contribution >= 4 is 41.0 Å². The number of carbonyl (C=O) groups is 3. The molecule has 2 rings (SSSR count). The maximum atomic E-state index is 12.6. The molecule has 0 aliphatic rings. The second kappa shape index (κ2) is 9.73. The molecule has 2 heterocycles. The predicted molar refractivity (Wildman–Crippen MR) is 105 cm³/mol. The summed E-state index contributed by atoms with van der Waals surface area (Å²) in [5.41, 5.74) is 1.12. The number of H-pyrrole nitrogens is 1. The zero-order valence-electron chi connectivity index (χ0n) is 17.1. The van der Waals surface area contributed by atoms with Gasteiger partial charge in [0.1, 0.15) is 5.02 Å². The highest BCUT2D eigenvalue weighted by Gasteiger charge is 2.31. The third-order valence-electron chi connectivity index (χ3n) is 4.86. The second-order valence-electron chi connectivity index (χ2n) is 6.93. The lowest BCUT2D eigenvalue weighted by molar-refractivity contribution is -0.150. The van der Waals surface area contributed by atoms with Crippen LogP contribution in [0.1, 0.15) is 38.8 Å². The largest absolute Gasteiger partial charge is 0.469 e. The van der Waals surface area contributed by atoms with Gasteiger partial charge < -0.3 is 9.47 Å². The molecule has 0 aliphatic carbocycles. The van der Waals surface area contributed by atoms with Gasteiger partial charge >= 0.3 is 11.9 Å². The number of amides is 1. The van der Waals surface area contributed by atoms with Crippen LogP contribution in [0.25, 0.3) is 5.65 Å². The summed E-state index contributed by atoms with van der Waals surface area (Å²) < 4.78 is 11.0. The first-order valence-electron chi connectivity index (χ1n) is 9.29. The van der Waals surface area contributed by atoms with Gasteiger partial charge in [-0.25, -0.2) is 0 Å². The standard InChI is InChI=1S/C18H26ClN5O5/c1-6-11(16(26)28-4)8-12(17(27)29-5)7-9(2)15(25)21-18-20-14-13(19)10(3)22-24(14)23-18/h9,11-12,22H,6-8H2,1-5H3,(H,21,23,25). The van der Waals surface area contributed by atoms with Crippen LogP contribution in [0.2, 0.25) is 5.02 Å². The van der Waals surface area contributed by atoms with Crippen molar-refractivity contribution in [3.63, 3.8) is 0 Å². The monoisotopic (exact) mass is 427 g/mol. The van der Waals surface area contributed by atoms with E-state index in [0.717, 1.165) is 0 Å². The van der Waals surface area contributed by atoms with E-state index >= 15 is 0 Å². The molecule has 11 heteroatoms. The summed E-state index contributed by atoms with van der Waals surface area (Å²) in [6.45, 7) is 5.30. The molecule has 0 saturated carbocycles. The molecule has 0 aromatic carbocycles. The Morgan fingerprint density at radius 2 is 1.79 bits per heavy atom. The highest BCUT2D eigenvalue weighted by Crippen LogP contribution is 2.25. The van der Waals surface area contributed by atoms with E-state index in [9.17, 15) is 14.4 Å². The Labute approximate surface area is 173 Å². The molecule has 10 nitrogen and oxygen atoms in total. The number of nitrogens with zero attached hydrogens (tertiary/aromatic N) is 3. The van der Waals surface area contributed by atoms with Crippen molar-refractivity contribution in [2.45, 2.75) is 40.0 Å². The van der Waals surface area contributed by atoms with Gasteiger partial charge in [-0.2, -0.15) is 9.61 Å². The highest BCUT2D eigenvalue weighted by atomic mass is 35.5. The van der Waals surface area contributed by atoms with E-state index in [0.29, 0.717) is 22.8 Å². The summed E-state index contributed by atoms with van der Waals surface area (Å²) >= 11 is 6.12. The summed E-state index contributed by atoms with van der Waals surface area (Å²) in [7, 11) is 2.59. The van der Waals surface area contributed by atoms with Crippen LogP contribution in [0, 0.1) is 24.7 Å². The Hall–Kier alpha value is -2.62. The van der Waals surface area contributed by atoms with Crippen LogP contribution in [-0.2, 0) is 23.9 Å². The third kappa shape index (κ3) is 5.26. The minimum Gasteiger partial charge on any atom is -0.469 e. The Morgan fingerprint density at radius 3 is 2.34 bits per heavy atom. The van der Waals surface area contributed by atoms with E-state index in [1.165, 1.54) is 18.8 Å². The molecule has 0 saturated heterocycles. The van der Waals surface area contributed by atoms with Crippen LogP contribution in [-0.4, -0.2) is 51.9 Å². The number of nitrogens with one attached hydrogen (secondary N) is 2. The van der Waals surface area contributed by atoms with Gasteiger partial charge in [0.15, 0.2) is 5.65 Å². The van der Waals surface area contributed by atoms with E-state index in [-0.39, 0.29) is 30.7 Å². The van der Waals surface area contributed by atoms with E-state index in [4.69, 9.17) is 21.1 Å². The SMILES string of the molecule is CCC(CC(CC(C)C(=O)Nc1nc2c(Cl)c(C)[nH]n2n1)C(=O)OC)C(=O)OC. The first kappa shape index (κ1) is 22.7. The fourth-order valence-electron chi connectivity index (χ4n) is 3.12. The number of halogens is 1. The topological polar surface area (TPSA) is 128 Å². The quantitative estimate of drug-likeness (QED) is 0.588. The number of aromatic nitrogens is 4.